The Balaban J connectivity index is 1.70. The Morgan fingerprint density at radius 1 is 1.27 bits per heavy atom. The highest BCUT2D eigenvalue weighted by Crippen LogP contribution is 2.15. The maximum absolute atomic E-state index is 13.6. The fraction of sp³-hybridized carbons (Fsp3) is 0.111. The van der Waals surface area contributed by atoms with E-state index in [2.05, 4.69) is 15.3 Å². The minimum absolute atomic E-state index is 0.113. The minimum Gasteiger partial charge on any atom is -0.489 e. The van der Waals surface area contributed by atoms with Gasteiger partial charge in [0, 0.05) is 5.56 Å². The summed E-state index contributed by atoms with van der Waals surface area (Å²) in [5, 5.41) is 10.4. The third-order valence-electron chi connectivity index (χ3n) is 3.57. The van der Waals surface area contributed by atoms with Gasteiger partial charge in [0.1, 0.15) is 23.9 Å². The van der Waals surface area contributed by atoms with Gasteiger partial charge < -0.3 is 4.74 Å². The van der Waals surface area contributed by atoms with E-state index in [-0.39, 0.29) is 28.4 Å². The van der Waals surface area contributed by atoms with E-state index in [0.29, 0.717) is 11.3 Å². The third kappa shape index (κ3) is 4.09. The number of aromatic amines is 1. The SMILES string of the molecule is Cc1n[nH]c(=S)n(/N=C/c2ccc(OCc3ccccc3F)cc2)c1=O. The van der Waals surface area contributed by atoms with Crippen LogP contribution in [0.1, 0.15) is 16.8 Å². The summed E-state index contributed by atoms with van der Waals surface area (Å²) in [6.45, 7) is 1.71. The van der Waals surface area contributed by atoms with Crippen molar-refractivity contribution in [1.29, 1.82) is 0 Å². The molecule has 0 unspecified atom stereocenters. The van der Waals surface area contributed by atoms with Crippen molar-refractivity contribution in [1.82, 2.24) is 14.9 Å². The first kappa shape index (κ1) is 17.7. The normalized spacial score (nSPS) is 11.0. The Morgan fingerprint density at radius 2 is 2.00 bits per heavy atom. The average molecular weight is 370 g/mol. The number of hydrogen-bond acceptors (Lipinski definition) is 5. The number of ether oxygens (including phenoxy) is 1. The van der Waals surface area contributed by atoms with Crippen LogP contribution in [0.15, 0.2) is 58.4 Å². The number of nitrogens with one attached hydrogen (secondary N) is 1. The summed E-state index contributed by atoms with van der Waals surface area (Å²) in [4.78, 5) is 12.0. The Kier molecular flexibility index (Phi) is 5.33. The number of hydrogen-bond donors (Lipinski definition) is 1. The number of nitrogens with zero attached hydrogens (tertiary/aromatic N) is 3. The molecule has 3 aromatic rings. The summed E-state index contributed by atoms with van der Waals surface area (Å²) >= 11 is 5.01. The van der Waals surface area contributed by atoms with Crippen LogP contribution in [0.3, 0.4) is 0 Å². The van der Waals surface area contributed by atoms with Gasteiger partial charge in [0.2, 0.25) is 4.77 Å². The van der Waals surface area contributed by atoms with Crippen LogP contribution in [-0.2, 0) is 6.61 Å². The van der Waals surface area contributed by atoms with E-state index in [0.717, 1.165) is 10.2 Å². The third-order valence-corrected chi connectivity index (χ3v) is 3.83. The summed E-state index contributed by atoms with van der Waals surface area (Å²) in [5.74, 6) is 0.297. The largest absolute Gasteiger partial charge is 0.489 e. The van der Waals surface area contributed by atoms with Crippen molar-refractivity contribution in [3.63, 3.8) is 0 Å². The predicted octanol–water partition coefficient (Wildman–Crippen LogP) is 3.21. The number of benzene rings is 2. The molecule has 0 saturated carbocycles. The quantitative estimate of drug-likeness (QED) is 0.553. The molecule has 0 radical (unpaired) electrons. The highest BCUT2D eigenvalue weighted by atomic mass is 32.1. The fourth-order valence-corrected chi connectivity index (χ4v) is 2.30. The topological polar surface area (TPSA) is 72.3 Å². The number of aryl methyl sites for hydroxylation is 1. The molecule has 0 aliphatic carbocycles. The number of aromatic nitrogens is 3. The van der Waals surface area contributed by atoms with Gasteiger partial charge in [0.25, 0.3) is 5.56 Å². The van der Waals surface area contributed by atoms with E-state index in [1.807, 2.05) is 0 Å². The Hall–Kier alpha value is -3.13. The van der Waals surface area contributed by atoms with E-state index in [1.165, 1.54) is 12.3 Å². The molecule has 1 N–H and O–H groups in total. The van der Waals surface area contributed by atoms with Gasteiger partial charge in [-0.15, -0.1) is 0 Å². The Labute approximate surface area is 153 Å². The van der Waals surface area contributed by atoms with Gasteiger partial charge in [-0.25, -0.2) is 4.39 Å². The zero-order chi connectivity index (χ0) is 18.5. The van der Waals surface area contributed by atoms with Gasteiger partial charge in [-0.3, -0.25) is 9.89 Å². The van der Waals surface area contributed by atoms with Gasteiger partial charge in [0.15, 0.2) is 0 Å². The molecule has 0 spiro atoms. The summed E-state index contributed by atoms with van der Waals surface area (Å²) in [5.41, 5.74) is 1.13. The molecule has 3 rings (SSSR count). The molecule has 0 bridgehead atoms. The zero-order valence-electron chi connectivity index (χ0n) is 13.8. The first-order valence-electron chi connectivity index (χ1n) is 7.73. The summed E-state index contributed by atoms with van der Waals surface area (Å²) in [6.07, 6.45) is 1.51. The second-order valence-electron chi connectivity index (χ2n) is 5.42. The van der Waals surface area contributed by atoms with Gasteiger partial charge in [-0.05, 0) is 55.0 Å². The fourth-order valence-electron chi connectivity index (χ4n) is 2.13. The highest BCUT2D eigenvalue weighted by molar-refractivity contribution is 7.71. The second kappa shape index (κ2) is 7.83. The highest BCUT2D eigenvalue weighted by Gasteiger charge is 2.03. The van der Waals surface area contributed by atoms with Crippen molar-refractivity contribution in [3.05, 3.63) is 86.3 Å². The van der Waals surface area contributed by atoms with Gasteiger partial charge in [0.05, 0.1) is 6.21 Å². The molecule has 0 saturated heterocycles. The molecule has 1 heterocycles. The molecule has 1 aromatic heterocycles. The lowest BCUT2D eigenvalue weighted by molar-refractivity contribution is 0.300. The van der Waals surface area contributed by atoms with E-state index in [9.17, 15) is 9.18 Å². The molecule has 0 atom stereocenters. The van der Waals surface area contributed by atoms with Gasteiger partial charge >= 0.3 is 0 Å². The van der Waals surface area contributed by atoms with Crippen LogP contribution in [0, 0.1) is 17.5 Å². The maximum atomic E-state index is 13.6. The lowest BCUT2D eigenvalue weighted by atomic mass is 10.2. The molecule has 2 aromatic carbocycles. The number of H-pyrrole nitrogens is 1. The van der Waals surface area contributed by atoms with Crippen LogP contribution in [-0.4, -0.2) is 21.1 Å². The summed E-state index contributed by atoms with van der Waals surface area (Å²) in [6, 6.07) is 13.5. The molecular formula is C18H15FN4O2S. The first-order chi connectivity index (χ1) is 12.5. The van der Waals surface area contributed by atoms with E-state index in [1.54, 1.807) is 49.4 Å². The van der Waals surface area contributed by atoms with Crippen LogP contribution in [0.5, 0.6) is 5.75 Å². The standard InChI is InChI=1S/C18H15FN4O2S/c1-12-17(24)23(18(26)22-21-12)20-10-13-6-8-15(9-7-13)25-11-14-4-2-3-5-16(14)19/h2-10H,11H2,1H3,(H,22,26)/b20-10+. The van der Waals surface area contributed by atoms with Crippen LogP contribution >= 0.6 is 12.2 Å². The van der Waals surface area contributed by atoms with Crippen LogP contribution in [0.4, 0.5) is 4.39 Å². The number of rotatable bonds is 5. The van der Waals surface area contributed by atoms with E-state index < -0.39 is 0 Å². The monoisotopic (exact) mass is 370 g/mol. The first-order valence-corrected chi connectivity index (χ1v) is 8.14. The van der Waals surface area contributed by atoms with Gasteiger partial charge in [-0.1, -0.05) is 18.2 Å². The van der Waals surface area contributed by atoms with Crippen molar-refractivity contribution >= 4 is 18.4 Å². The van der Waals surface area contributed by atoms with Crippen molar-refractivity contribution in [2.75, 3.05) is 0 Å². The molecule has 0 aliphatic rings. The smallest absolute Gasteiger partial charge is 0.296 e. The van der Waals surface area contributed by atoms with Gasteiger partial charge in [-0.2, -0.15) is 14.9 Å². The van der Waals surface area contributed by atoms with Crippen LogP contribution < -0.4 is 10.3 Å². The average Bonchev–Trinajstić information content (AvgIpc) is 2.65. The maximum Gasteiger partial charge on any atom is 0.296 e. The number of halogens is 1. The van der Waals surface area contributed by atoms with Crippen molar-refractivity contribution < 1.29 is 9.13 Å². The molecular weight excluding hydrogens is 355 g/mol. The summed E-state index contributed by atoms with van der Waals surface area (Å²) in [7, 11) is 0. The lowest BCUT2D eigenvalue weighted by Crippen LogP contribution is -2.22. The lowest BCUT2D eigenvalue weighted by Gasteiger charge is -2.07. The van der Waals surface area contributed by atoms with Crippen LogP contribution in [0.25, 0.3) is 0 Å². The molecule has 8 heteroatoms. The predicted molar refractivity (Wildman–Crippen MR) is 98.6 cm³/mol. The summed E-state index contributed by atoms with van der Waals surface area (Å²) < 4.78 is 20.3. The molecule has 6 nitrogen and oxygen atoms in total. The van der Waals surface area contributed by atoms with Crippen molar-refractivity contribution in [2.24, 2.45) is 5.10 Å². The molecule has 26 heavy (non-hydrogen) atoms. The molecule has 132 valence electrons. The Bertz CT molecular complexity index is 1060. The van der Waals surface area contributed by atoms with E-state index >= 15 is 0 Å². The molecule has 0 fully saturated rings. The zero-order valence-corrected chi connectivity index (χ0v) is 14.7. The van der Waals surface area contributed by atoms with E-state index in [4.69, 9.17) is 17.0 Å². The molecule has 0 aliphatic heterocycles. The second-order valence-corrected chi connectivity index (χ2v) is 5.81. The van der Waals surface area contributed by atoms with Crippen LogP contribution in [0.2, 0.25) is 0 Å². The minimum atomic E-state index is -0.380. The molecule has 0 amide bonds. The Morgan fingerprint density at radius 3 is 2.73 bits per heavy atom. The van der Waals surface area contributed by atoms with Crippen molar-refractivity contribution in [3.8, 4) is 5.75 Å². The van der Waals surface area contributed by atoms with Crippen molar-refractivity contribution in [2.45, 2.75) is 13.5 Å².